The fraction of sp³-hybridized carbons (Fsp3) is 0.444. The molecule has 1 aliphatic heterocycles. The van der Waals surface area contributed by atoms with E-state index in [2.05, 4.69) is 11.4 Å². The number of hydrogen-bond donors (Lipinski definition) is 1. The molecule has 2 heterocycles. The molecule has 1 N–H and O–H groups in total. The lowest BCUT2D eigenvalue weighted by molar-refractivity contribution is -0.129. The van der Waals surface area contributed by atoms with E-state index >= 15 is 0 Å². The van der Waals surface area contributed by atoms with E-state index in [4.69, 9.17) is 0 Å². The van der Waals surface area contributed by atoms with Crippen LogP contribution in [0.15, 0.2) is 30.5 Å². The first-order chi connectivity index (χ1) is 11.0. The smallest absolute Gasteiger partial charge is 0.224 e. The lowest BCUT2D eigenvalue weighted by Gasteiger charge is -2.21. The molecular formula is C18H23N3O2. The topological polar surface area (TPSA) is 54.3 Å². The van der Waals surface area contributed by atoms with E-state index in [-0.39, 0.29) is 17.9 Å². The zero-order valence-corrected chi connectivity index (χ0v) is 13.7. The average molecular weight is 313 g/mol. The number of carbonyl (C=O) groups excluding carboxylic acids is 2. The fourth-order valence-corrected chi connectivity index (χ4v) is 3.34. The summed E-state index contributed by atoms with van der Waals surface area (Å²) in [6.45, 7) is 3.36. The molecular weight excluding hydrogens is 290 g/mol. The zero-order valence-electron chi connectivity index (χ0n) is 13.7. The second-order valence-corrected chi connectivity index (χ2v) is 6.37. The largest absolute Gasteiger partial charge is 0.352 e. The highest BCUT2D eigenvalue weighted by atomic mass is 16.2. The van der Waals surface area contributed by atoms with Crippen LogP contribution in [-0.4, -0.2) is 40.4 Å². The maximum atomic E-state index is 12.3. The first-order valence-corrected chi connectivity index (χ1v) is 8.14. The number of aromatic nitrogens is 1. The summed E-state index contributed by atoms with van der Waals surface area (Å²) < 4.78 is 2.05. The van der Waals surface area contributed by atoms with Crippen molar-refractivity contribution in [3.05, 3.63) is 36.0 Å². The minimum atomic E-state index is -0.0282. The van der Waals surface area contributed by atoms with Crippen LogP contribution in [0, 0.1) is 0 Å². The summed E-state index contributed by atoms with van der Waals surface area (Å²) in [6.07, 6.45) is 3.94. The van der Waals surface area contributed by atoms with Gasteiger partial charge in [0.1, 0.15) is 0 Å². The van der Waals surface area contributed by atoms with Crippen LogP contribution < -0.4 is 5.32 Å². The van der Waals surface area contributed by atoms with Crippen LogP contribution in [-0.2, 0) is 23.1 Å². The van der Waals surface area contributed by atoms with Gasteiger partial charge in [0.25, 0.3) is 0 Å². The van der Waals surface area contributed by atoms with Gasteiger partial charge in [-0.1, -0.05) is 18.2 Å². The molecule has 2 amide bonds. The average Bonchev–Trinajstić information content (AvgIpc) is 3.04. The number of carbonyl (C=O) groups is 2. The highest BCUT2D eigenvalue weighted by Gasteiger charge is 2.22. The van der Waals surface area contributed by atoms with Gasteiger partial charge in [-0.2, -0.15) is 0 Å². The van der Waals surface area contributed by atoms with Crippen LogP contribution in [0.1, 0.15) is 25.3 Å². The number of hydrogen-bond acceptors (Lipinski definition) is 2. The molecule has 1 aliphatic rings. The number of nitrogens with one attached hydrogen (secondary N) is 1. The Kier molecular flexibility index (Phi) is 4.37. The SMILES string of the molecule is C[C@H](CN1CCCC1=O)NC(=O)Cc1cn(C)c2ccccc12. The van der Waals surface area contributed by atoms with Gasteiger partial charge in [-0.05, 0) is 25.0 Å². The summed E-state index contributed by atoms with van der Waals surface area (Å²) in [5.41, 5.74) is 2.16. The van der Waals surface area contributed by atoms with Crippen molar-refractivity contribution < 1.29 is 9.59 Å². The lowest BCUT2D eigenvalue weighted by atomic mass is 10.1. The molecule has 1 saturated heterocycles. The Labute approximate surface area is 136 Å². The molecule has 1 aromatic carbocycles. The predicted octanol–water partition coefficient (Wildman–Crippen LogP) is 1.85. The van der Waals surface area contributed by atoms with Gasteiger partial charge in [-0.15, -0.1) is 0 Å². The Morgan fingerprint density at radius 1 is 1.35 bits per heavy atom. The summed E-state index contributed by atoms with van der Waals surface area (Å²) in [6, 6.07) is 8.06. The number of nitrogens with zero attached hydrogens (tertiary/aromatic N) is 2. The molecule has 0 radical (unpaired) electrons. The Hall–Kier alpha value is -2.30. The van der Waals surface area contributed by atoms with Crippen molar-refractivity contribution in [1.82, 2.24) is 14.8 Å². The predicted molar refractivity (Wildman–Crippen MR) is 90.0 cm³/mol. The number of rotatable bonds is 5. The second-order valence-electron chi connectivity index (χ2n) is 6.37. The Balaban J connectivity index is 1.61. The monoisotopic (exact) mass is 313 g/mol. The first kappa shape index (κ1) is 15.6. The zero-order chi connectivity index (χ0) is 16.4. The highest BCUT2D eigenvalue weighted by molar-refractivity contribution is 5.89. The van der Waals surface area contributed by atoms with Gasteiger partial charge in [-0.3, -0.25) is 9.59 Å². The molecule has 2 aromatic rings. The van der Waals surface area contributed by atoms with Crippen molar-refractivity contribution in [2.45, 2.75) is 32.2 Å². The van der Waals surface area contributed by atoms with Gasteiger partial charge in [0, 0.05) is 49.7 Å². The van der Waals surface area contributed by atoms with Crippen LogP contribution in [0.2, 0.25) is 0 Å². The van der Waals surface area contributed by atoms with E-state index in [0.29, 0.717) is 19.4 Å². The molecule has 5 heteroatoms. The van der Waals surface area contributed by atoms with Gasteiger partial charge in [0.15, 0.2) is 0 Å². The number of benzene rings is 1. The molecule has 3 rings (SSSR count). The first-order valence-electron chi connectivity index (χ1n) is 8.14. The standard InChI is InChI=1S/C18H23N3O2/c1-13(11-21-9-5-8-18(21)23)19-17(22)10-14-12-20(2)16-7-4-3-6-15(14)16/h3-4,6-7,12-13H,5,8-11H2,1-2H3,(H,19,22)/t13-/m1/s1. The van der Waals surface area contributed by atoms with Gasteiger partial charge >= 0.3 is 0 Å². The van der Waals surface area contributed by atoms with Crippen molar-refractivity contribution in [1.29, 1.82) is 0 Å². The maximum Gasteiger partial charge on any atom is 0.224 e. The summed E-state index contributed by atoms with van der Waals surface area (Å²) in [5.74, 6) is 0.195. The van der Waals surface area contributed by atoms with E-state index in [0.717, 1.165) is 29.4 Å². The Morgan fingerprint density at radius 3 is 2.87 bits per heavy atom. The van der Waals surface area contributed by atoms with Crippen molar-refractivity contribution in [2.75, 3.05) is 13.1 Å². The highest BCUT2D eigenvalue weighted by Crippen LogP contribution is 2.20. The number of likely N-dealkylation sites (tertiary alicyclic amines) is 1. The van der Waals surface area contributed by atoms with Crippen LogP contribution in [0.5, 0.6) is 0 Å². The summed E-state index contributed by atoms with van der Waals surface area (Å²) in [4.78, 5) is 25.8. The van der Waals surface area contributed by atoms with E-state index in [1.165, 1.54) is 0 Å². The molecule has 1 aromatic heterocycles. The van der Waals surface area contributed by atoms with Gasteiger partial charge < -0.3 is 14.8 Å². The third kappa shape index (κ3) is 3.38. The minimum absolute atomic E-state index is 0.000462. The van der Waals surface area contributed by atoms with Crippen LogP contribution in [0.25, 0.3) is 10.9 Å². The van der Waals surface area contributed by atoms with Gasteiger partial charge in [0.2, 0.25) is 11.8 Å². The van der Waals surface area contributed by atoms with E-state index in [9.17, 15) is 9.59 Å². The second kappa shape index (κ2) is 6.44. The van der Waals surface area contributed by atoms with E-state index in [1.807, 2.05) is 47.8 Å². The minimum Gasteiger partial charge on any atom is -0.352 e. The molecule has 122 valence electrons. The van der Waals surface area contributed by atoms with Crippen LogP contribution in [0.4, 0.5) is 0 Å². The lowest BCUT2D eigenvalue weighted by Crippen LogP contribution is -2.42. The third-order valence-electron chi connectivity index (χ3n) is 4.40. The fourth-order valence-electron chi connectivity index (χ4n) is 3.34. The summed E-state index contributed by atoms with van der Waals surface area (Å²) in [5, 5.41) is 4.13. The molecule has 0 bridgehead atoms. The van der Waals surface area contributed by atoms with E-state index in [1.54, 1.807) is 0 Å². The maximum absolute atomic E-state index is 12.3. The van der Waals surface area contributed by atoms with Crippen molar-refractivity contribution in [2.24, 2.45) is 7.05 Å². The third-order valence-corrected chi connectivity index (χ3v) is 4.40. The Bertz CT molecular complexity index is 735. The summed E-state index contributed by atoms with van der Waals surface area (Å²) >= 11 is 0. The van der Waals surface area contributed by atoms with Gasteiger partial charge in [-0.25, -0.2) is 0 Å². The molecule has 23 heavy (non-hydrogen) atoms. The molecule has 0 saturated carbocycles. The summed E-state index contributed by atoms with van der Waals surface area (Å²) in [7, 11) is 1.99. The number of para-hydroxylation sites is 1. The molecule has 5 nitrogen and oxygen atoms in total. The molecule has 0 spiro atoms. The van der Waals surface area contributed by atoms with Crippen molar-refractivity contribution >= 4 is 22.7 Å². The normalized spacial score (nSPS) is 16.1. The quantitative estimate of drug-likeness (QED) is 0.916. The molecule has 0 aliphatic carbocycles. The number of amides is 2. The van der Waals surface area contributed by atoms with Crippen molar-refractivity contribution in [3.63, 3.8) is 0 Å². The number of aryl methyl sites for hydroxylation is 1. The van der Waals surface area contributed by atoms with Crippen LogP contribution in [0.3, 0.4) is 0 Å². The van der Waals surface area contributed by atoms with Crippen LogP contribution >= 0.6 is 0 Å². The van der Waals surface area contributed by atoms with E-state index < -0.39 is 0 Å². The van der Waals surface area contributed by atoms with Crippen molar-refractivity contribution in [3.8, 4) is 0 Å². The molecule has 1 atom stereocenters. The van der Waals surface area contributed by atoms with Gasteiger partial charge in [0.05, 0.1) is 6.42 Å². The Morgan fingerprint density at radius 2 is 2.13 bits per heavy atom. The molecule has 1 fully saturated rings. The number of fused-ring (bicyclic) bond motifs is 1. The molecule has 0 unspecified atom stereocenters.